The second-order valence-electron chi connectivity index (χ2n) is 5.72. The summed E-state index contributed by atoms with van der Waals surface area (Å²) in [5.74, 6) is 0.0139. The summed E-state index contributed by atoms with van der Waals surface area (Å²) in [7, 11) is 0. The molecular weight excluding hydrogens is 316 g/mol. The van der Waals surface area contributed by atoms with Gasteiger partial charge in [0.25, 0.3) is 0 Å². The number of hydrogen-bond donors (Lipinski definition) is 1. The van der Waals surface area contributed by atoms with Gasteiger partial charge < -0.3 is 5.32 Å². The van der Waals surface area contributed by atoms with Gasteiger partial charge in [-0.1, -0.05) is 54.6 Å². The van der Waals surface area contributed by atoms with Gasteiger partial charge in [-0.05, 0) is 17.5 Å². The molecule has 1 amide bonds. The van der Waals surface area contributed by atoms with Crippen LogP contribution in [0.15, 0.2) is 60.0 Å². The number of aromatic nitrogens is 1. The van der Waals surface area contributed by atoms with Crippen LogP contribution in [0.4, 0.5) is 0 Å². The smallest absolute Gasteiger partial charge is 0.216 e. The summed E-state index contributed by atoms with van der Waals surface area (Å²) in [6.45, 7) is 2.21. The maximum Gasteiger partial charge on any atom is 0.216 e. The Hall–Kier alpha value is -2.46. The first-order chi connectivity index (χ1) is 11.7. The van der Waals surface area contributed by atoms with Crippen LogP contribution >= 0.6 is 11.3 Å². The van der Waals surface area contributed by atoms with E-state index in [1.54, 1.807) is 18.3 Å². The highest BCUT2D eigenvalue weighted by Crippen LogP contribution is 2.24. The van der Waals surface area contributed by atoms with Gasteiger partial charge in [-0.2, -0.15) is 0 Å². The van der Waals surface area contributed by atoms with E-state index in [0.717, 1.165) is 29.1 Å². The summed E-state index contributed by atoms with van der Waals surface area (Å²) in [4.78, 5) is 15.6. The number of thiazole rings is 1. The van der Waals surface area contributed by atoms with Crippen LogP contribution in [-0.2, 0) is 17.6 Å². The van der Waals surface area contributed by atoms with E-state index >= 15 is 0 Å². The lowest BCUT2D eigenvalue weighted by atomic mass is 10.1. The van der Waals surface area contributed by atoms with Crippen LogP contribution in [-0.4, -0.2) is 17.4 Å². The Morgan fingerprint density at radius 1 is 1.04 bits per heavy atom. The molecule has 0 fully saturated rings. The van der Waals surface area contributed by atoms with Crippen LogP contribution in [0.5, 0.6) is 0 Å². The predicted octanol–water partition coefficient (Wildman–Crippen LogP) is 4.08. The zero-order valence-corrected chi connectivity index (χ0v) is 14.5. The van der Waals surface area contributed by atoms with Crippen LogP contribution in [0.3, 0.4) is 0 Å². The molecule has 0 bridgehead atoms. The molecule has 0 aliphatic heterocycles. The number of nitrogens with one attached hydrogen (secondary N) is 1. The van der Waals surface area contributed by atoms with Crippen molar-refractivity contribution in [2.24, 2.45) is 0 Å². The molecule has 4 heteroatoms. The molecule has 0 unspecified atom stereocenters. The standard InChI is InChI=1S/C20H20N2OS/c1-15(23)21-12-11-16-7-9-18(10-8-16)19-14-24-20(22-19)13-17-5-3-2-4-6-17/h2-10,14H,11-13H2,1H3,(H,21,23). The van der Waals surface area contributed by atoms with E-state index < -0.39 is 0 Å². The molecule has 3 aromatic rings. The summed E-state index contributed by atoms with van der Waals surface area (Å²) >= 11 is 1.70. The quantitative estimate of drug-likeness (QED) is 0.737. The van der Waals surface area contributed by atoms with E-state index in [9.17, 15) is 4.79 Å². The first-order valence-corrected chi connectivity index (χ1v) is 8.91. The van der Waals surface area contributed by atoms with Crippen molar-refractivity contribution in [3.05, 3.63) is 76.1 Å². The Bertz CT molecular complexity index is 794. The second-order valence-corrected chi connectivity index (χ2v) is 6.66. The maximum absolute atomic E-state index is 10.9. The van der Waals surface area contributed by atoms with E-state index in [1.165, 1.54) is 11.1 Å². The van der Waals surface area contributed by atoms with Gasteiger partial charge in [0.2, 0.25) is 5.91 Å². The number of nitrogens with zero attached hydrogens (tertiary/aromatic N) is 1. The molecule has 24 heavy (non-hydrogen) atoms. The van der Waals surface area contributed by atoms with E-state index in [-0.39, 0.29) is 5.91 Å². The van der Waals surface area contributed by atoms with Gasteiger partial charge in [0.05, 0.1) is 10.7 Å². The van der Waals surface area contributed by atoms with Crippen molar-refractivity contribution >= 4 is 17.2 Å². The van der Waals surface area contributed by atoms with Crippen LogP contribution in [0, 0.1) is 0 Å². The predicted molar refractivity (Wildman–Crippen MR) is 99.2 cm³/mol. The zero-order valence-electron chi connectivity index (χ0n) is 13.7. The molecule has 0 radical (unpaired) electrons. The third-order valence-electron chi connectivity index (χ3n) is 3.79. The number of benzene rings is 2. The largest absolute Gasteiger partial charge is 0.356 e. The van der Waals surface area contributed by atoms with Crippen LogP contribution in [0.25, 0.3) is 11.3 Å². The topological polar surface area (TPSA) is 42.0 Å². The Morgan fingerprint density at radius 2 is 1.79 bits per heavy atom. The van der Waals surface area contributed by atoms with Crippen molar-refractivity contribution in [1.82, 2.24) is 10.3 Å². The number of carbonyl (C=O) groups excluding carboxylic acids is 1. The monoisotopic (exact) mass is 336 g/mol. The van der Waals surface area contributed by atoms with Gasteiger partial charge in [0.1, 0.15) is 0 Å². The average Bonchev–Trinajstić information content (AvgIpc) is 3.04. The molecular formula is C20H20N2OS. The summed E-state index contributed by atoms with van der Waals surface area (Å²) < 4.78 is 0. The van der Waals surface area contributed by atoms with Crippen molar-refractivity contribution in [3.63, 3.8) is 0 Å². The SMILES string of the molecule is CC(=O)NCCc1ccc(-c2csc(Cc3ccccc3)n2)cc1. The molecule has 3 nitrogen and oxygen atoms in total. The van der Waals surface area contributed by atoms with Crippen molar-refractivity contribution in [3.8, 4) is 11.3 Å². The lowest BCUT2D eigenvalue weighted by molar-refractivity contribution is -0.118. The highest BCUT2D eigenvalue weighted by molar-refractivity contribution is 7.10. The molecule has 1 N–H and O–H groups in total. The minimum atomic E-state index is 0.0139. The van der Waals surface area contributed by atoms with E-state index in [2.05, 4.69) is 59.2 Å². The normalized spacial score (nSPS) is 10.5. The third-order valence-corrected chi connectivity index (χ3v) is 4.64. The van der Waals surface area contributed by atoms with Crippen molar-refractivity contribution < 1.29 is 4.79 Å². The minimum absolute atomic E-state index is 0.0139. The summed E-state index contributed by atoms with van der Waals surface area (Å²) in [5.41, 5.74) is 4.66. The van der Waals surface area contributed by atoms with E-state index in [4.69, 9.17) is 4.98 Å². The van der Waals surface area contributed by atoms with Crippen molar-refractivity contribution in [2.75, 3.05) is 6.54 Å². The molecule has 0 aliphatic rings. The molecule has 1 aromatic heterocycles. The van der Waals surface area contributed by atoms with E-state index in [1.807, 2.05) is 6.07 Å². The lowest BCUT2D eigenvalue weighted by Crippen LogP contribution is -2.22. The van der Waals surface area contributed by atoms with Gasteiger partial charge in [0, 0.05) is 30.8 Å². The minimum Gasteiger partial charge on any atom is -0.356 e. The van der Waals surface area contributed by atoms with Gasteiger partial charge in [0.15, 0.2) is 0 Å². The van der Waals surface area contributed by atoms with Gasteiger partial charge in [-0.3, -0.25) is 4.79 Å². The number of amides is 1. The Morgan fingerprint density at radius 3 is 2.50 bits per heavy atom. The molecule has 0 spiro atoms. The Balaban J connectivity index is 1.63. The van der Waals surface area contributed by atoms with Gasteiger partial charge in [-0.15, -0.1) is 11.3 Å². The summed E-state index contributed by atoms with van der Waals surface area (Å²) in [6, 6.07) is 18.8. The fourth-order valence-corrected chi connectivity index (χ4v) is 3.36. The van der Waals surface area contributed by atoms with Crippen molar-refractivity contribution in [1.29, 1.82) is 0 Å². The molecule has 3 rings (SSSR count). The highest BCUT2D eigenvalue weighted by atomic mass is 32.1. The van der Waals surface area contributed by atoms with Crippen molar-refractivity contribution in [2.45, 2.75) is 19.8 Å². The zero-order chi connectivity index (χ0) is 16.8. The molecule has 1 heterocycles. The van der Waals surface area contributed by atoms with Crippen LogP contribution in [0.1, 0.15) is 23.1 Å². The number of hydrogen-bond acceptors (Lipinski definition) is 3. The Labute approximate surface area is 146 Å². The molecule has 0 atom stereocenters. The van der Waals surface area contributed by atoms with Crippen LogP contribution in [0.2, 0.25) is 0 Å². The van der Waals surface area contributed by atoms with Gasteiger partial charge >= 0.3 is 0 Å². The van der Waals surface area contributed by atoms with Gasteiger partial charge in [-0.25, -0.2) is 4.98 Å². The molecule has 122 valence electrons. The first-order valence-electron chi connectivity index (χ1n) is 8.03. The summed E-state index contributed by atoms with van der Waals surface area (Å²) in [5, 5.41) is 6.06. The number of rotatable bonds is 6. The van der Waals surface area contributed by atoms with E-state index in [0.29, 0.717) is 6.54 Å². The molecule has 0 saturated carbocycles. The van der Waals surface area contributed by atoms with Crippen LogP contribution < -0.4 is 5.32 Å². The second kappa shape index (κ2) is 7.88. The number of carbonyl (C=O) groups is 1. The summed E-state index contributed by atoms with van der Waals surface area (Å²) in [6.07, 6.45) is 1.72. The molecule has 2 aromatic carbocycles. The average molecular weight is 336 g/mol. The highest BCUT2D eigenvalue weighted by Gasteiger charge is 2.06. The first kappa shape index (κ1) is 16.4. The molecule has 0 saturated heterocycles. The third kappa shape index (κ3) is 4.52. The molecule has 0 aliphatic carbocycles. The maximum atomic E-state index is 10.9. The Kier molecular flexibility index (Phi) is 5.39. The fourth-order valence-electron chi connectivity index (χ4n) is 2.52. The fraction of sp³-hybridized carbons (Fsp3) is 0.200. The lowest BCUT2D eigenvalue weighted by Gasteiger charge is -2.03.